The molecule has 0 spiro atoms. The molecule has 1 amide bonds. The number of aliphatic hydroxyl groups is 1. The third-order valence-corrected chi connectivity index (χ3v) is 2.91. The van der Waals surface area contributed by atoms with Crippen LogP contribution in [0, 0.1) is 0 Å². The Bertz CT molecular complexity index is 223. The van der Waals surface area contributed by atoms with Crippen molar-refractivity contribution in [1.29, 1.82) is 0 Å². The molecule has 0 aromatic carbocycles. The van der Waals surface area contributed by atoms with Gasteiger partial charge >= 0.3 is 0 Å². The van der Waals surface area contributed by atoms with Crippen LogP contribution >= 0.6 is 0 Å². The first-order valence-electron chi connectivity index (χ1n) is 5.98. The first-order valence-corrected chi connectivity index (χ1v) is 5.98. The molecule has 1 aliphatic heterocycles. The summed E-state index contributed by atoms with van der Waals surface area (Å²) in [5.74, 6) is -0.0840. The van der Waals surface area contributed by atoms with Crippen molar-refractivity contribution in [3.63, 3.8) is 0 Å². The molecule has 5 nitrogen and oxygen atoms in total. The summed E-state index contributed by atoms with van der Waals surface area (Å²) in [7, 11) is 0. The van der Waals surface area contributed by atoms with Crippen molar-refractivity contribution < 1.29 is 14.6 Å². The molecule has 1 saturated heterocycles. The van der Waals surface area contributed by atoms with Crippen molar-refractivity contribution in [2.75, 3.05) is 13.1 Å². The average Bonchev–Trinajstić information content (AvgIpc) is 2.77. The smallest absolute Gasteiger partial charge is 0.249 e. The Kier molecular flexibility index (Phi) is 5.73. The minimum Gasteiger partial charge on any atom is -0.393 e. The van der Waals surface area contributed by atoms with E-state index in [1.807, 2.05) is 6.92 Å². The van der Waals surface area contributed by atoms with Crippen LogP contribution in [0.3, 0.4) is 0 Å². The van der Waals surface area contributed by atoms with Crippen LogP contribution in [0.2, 0.25) is 0 Å². The lowest BCUT2D eigenvalue weighted by Crippen LogP contribution is -2.36. The lowest BCUT2D eigenvalue weighted by Gasteiger charge is -2.13. The Morgan fingerprint density at radius 3 is 2.94 bits per heavy atom. The second kappa shape index (κ2) is 6.83. The molecule has 4 N–H and O–H groups in total. The van der Waals surface area contributed by atoms with Crippen molar-refractivity contribution in [2.45, 2.75) is 50.9 Å². The van der Waals surface area contributed by atoms with E-state index in [-0.39, 0.29) is 24.2 Å². The number of rotatable bonds is 6. The molecule has 1 aliphatic rings. The van der Waals surface area contributed by atoms with Gasteiger partial charge in [0, 0.05) is 13.1 Å². The molecular weight excluding hydrogens is 208 g/mol. The zero-order chi connectivity index (χ0) is 12.0. The van der Waals surface area contributed by atoms with Crippen LogP contribution < -0.4 is 11.1 Å². The van der Waals surface area contributed by atoms with E-state index in [0.717, 1.165) is 12.8 Å². The van der Waals surface area contributed by atoms with E-state index in [9.17, 15) is 9.90 Å². The molecule has 1 heterocycles. The lowest BCUT2D eigenvalue weighted by molar-refractivity contribution is -0.131. The highest BCUT2D eigenvalue weighted by Crippen LogP contribution is 2.18. The monoisotopic (exact) mass is 230 g/mol. The lowest BCUT2D eigenvalue weighted by atomic mass is 10.2. The van der Waals surface area contributed by atoms with Crippen molar-refractivity contribution in [3.05, 3.63) is 0 Å². The number of amides is 1. The summed E-state index contributed by atoms with van der Waals surface area (Å²) in [6.07, 6.45) is 2.24. The molecule has 0 aromatic rings. The number of aliphatic hydroxyl groups excluding tert-OH is 1. The number of nitrogens with two attached hydrogens (primary N) is 1. The molecule has 1 fully saturated rings. The highest BCUT2D eigenvalue weighted by molar-refractivity contribution is 5.80. The Hall–Kier alpha value is -0.650. The quantitative estimate of drug-likeness (QED) is 0.588. The Labute approximate surface area is 96.3 Å². The Morgan fingerprint density at radius 1 is 1.62 bits per heavy atom. The molecule has 1 rings (SSSR count). The second-order valence-corrected chi connectivity index (χ2v) is 4.20. The summed E-state index contributed by atoms with van der Waals surface area (Å²) in [4.78, 5) is 11.6. The van der Waals surface area contributed by atoms with Gasteiger partial charge in [-0.3, -0.25) is 4.79 Å². The number of hydrogen-bond acceptors (Lipinski definition) is 4. The van der Waals surface area contributed by atoms with E-state index in [1.54, 1.807) is 0 Å². The van der Waals surface area contributed by atoms with Crippen LogP contribution in [0.5, 0.6) is 0 Å². The molecule has 0 aliphatic carbocycles. The maximum Gasteiger partial charge on any atom is 0.249 e. The molecule has 0 saturated carbocycles. The van der Waals surface area contributed by atoms with E-state index in [0.29, 0.717) is 25.9 Å². The third-order valence-electron chi connectivity index (χ3n) is 2.91. The second-order valence-electron chi connectivity index (χ2n) is 4.20. The molecule has 94 valence electrons. The van der Waals surface area contributed by atoms with Crippen LogP contribution in [0.15, 0.2) is 0 Å². The van der Waals surface area contributed by atoms with Crippen LogP contribution in [0.4, 0.5) is 0 Å². The molecule has 1 unspecified atom stereocenters. The first-order chi connectivity index (χ1) is 7.67. The van der Waals surface area contributed by atoms with Crippen LogP contribution in [-0.2, 0) is 9.53 Å². The molecule has 5 heteroatoms. The molecule has 0 aromatic heterocycles. The van der Waals surface area contributed by atoms with E-state index in [2.05, 4.69) is 5.32 Å². The highest BCUT2D eigenvalue weighted by Gasteiger charge is 2.29. The molecule has 0 radical (unpaired) electrons. The van der Waals surface area contributed by atoms with Crippen molar-refractivity contribution >= 4 is 5.91 Å². The van der Waals surface area contributed by atoms with Crippen molar-refractivity contribution in [1.82, 2.24) is 5.32 Å². The Balaban J connectivity index is 2.16. The fraction of sp³-hybridized carbons (Fsp3) is 0.909. The van der Waals surface area contributed by atoms with Crippen molar-refractivity contribution in [3.8, 4) is 0 Å². The van der Waals surface area contributed by atoms with Gasteiger partial charge in [-0.05, 0) is 25.7 Å². The Morgan fingerprint density at radius 2 is 2.38 bits per heavy atom. The van der Waals surface area contributed by atoms with Gasteiger partial charge in [-0.15, -0.1) is 0 Å². The van der Waals surface area contributed by atoms with Gasteiger partial charge in [-0.25, -0.2) is 0 Å². The zero-order valence-electron chi connectivity index (χ0n) is 9.82. The van der Waals surface area contributed by atoms with E-state index in [1.165, 1.54) is 0 Å². The first kappa shape index (κ1) is 13.4. The number of ether oxygens (including phenoxy) is 1. The number of carbonyl (C=O) groups is 1. The van der Waals surface area contributed by atoms with Gasteiger partial charge in [0.15, 0.2) is 0 Å². The number of hydrogen-bond donors (Lipinski definition) is 3. The van der Waals surface area contributed by atoms with Gasteiger partial charge in [-0.1, -0.05) is 6.92 Å². The van der Waals surface area contributed by atoms with Gasteiger partial charge in [0.05, 0.1) is 12.2 Å². The minimum absolute atomic E-state index is 0.0250. The van der Waals surface area contributed by atoms with Crippen molar-refractivity contribution in [2.24, 2.45) is 5.73 Å². The van der Waals surface area contributed by atoms with Crippen LogP contribution in [0.25, 0.3) is 0 Å². The van der Waals surface area contributed by atoms with Gasteiger partial charge < -0.3 is 20.9 Å². The zero-order valence-corrected chi connectivity index (χ0v) is 9.82. The number of nitrogens with one attached hydrogen (secondary N) is 1. The van der Waals surface area contributed by atoms with Gasteiger partial charge in [0.25, 0.3) is 0 Å². The summed E-state index contributed by atoms with van der Waals surface area (Å²) < 4.78 is 5.46. The standard InChI is InChI=1S/C11H22N2O3/c1-2-8(14)5-6-13-11(15)10-4-3-9(7-12)16-10/h8-10,14H,2-7,12H2,1H3,(H,13,15)/t8?,9-,10+/m1/s1. The van der Waals surface area contributed by atoms with E-state index < -0.39 is 0 Å². The largest absolute Gasteiger partial charge is 0.393 e. The fourth-order valence-electron chi connectivity index (χ4n) is 1.75. The third kappa shape index (κ3) is 4.08. The van der Waals surface area contributed by atoms with E-state index >= 15 is 0 Å². The predicted molar refractivity (Wildman–Crippen MR) is 60.9 cm³/mol. The van der Waals surface area contributed by atoms with Gasteiger partial charge in [0.1, 0.15) is 6.10 Å². The maximum absolute atomic E-state index is 11.6. The van der Waals surface area contributed by atoms with Crippen LogP contribution in [0.1, 0.15) is 32.6 Å². The SMILES string of the molecule is CCC(O)CCNC(=O)[C@@H]1CC[C@H](CN)O1. The highest BCUT2D eigenvalue weighted by atomic mass is 16.5. The van der Waals surface area contributed by atoms with Gasteiger partial charge in [-0.2, -0.15) is 0 Å². The molecule has 3 atom stereocenters. The number of carbonyl (C=O) groups excluding carboxylic acids is 1. The summed E-state index contributed by atoms with van der Waals surface area (Å²) in [6.45, 7) is 2.89. The normalized spacial score (nSPS) is 26.7. The predicted octanol–water partition coefficient (Wildman–Crippen LogP) is -0.230. The molecule has 16 heavy (non-hydrogen) atoms. The fourth-order valence-corrected chi connectivity index (χ4v) is 1.75. The average molecular weight is 230 g/mol. The minimum atomic E-state index is -0.354. The van der Waals surface area contributed by atoms with Gasteiger partial charge in [0.2, 0.25) is 5.91 Å². The topological polar surface area (TPSA) is 84.6 Å². The maximum atomic E-state index is 11.6. The van der Waals surface area contributed by atoms with E-state index in [4.69, 9.17) is 10.5 Å². The summed E-state index contributed by atoms with van der Waals surface area (Å²) in [6, 6.07) is 0. The summed E-state index contributed by atoms with van der Waals surface area (Å²) >= 11 is 0. The molecular formula is C11H22N2O3. The van der Waals surface area contributed by atoms with Crippen LogP contribution in [-0.4, -0.2) is 42.4 Å². The summed E-state index contributed by atoms with van der Waals surface area (Å²) in [5, 5.41) is 12.1. The summed E-state index contributed by atoms with van der Waals surface area (Å²) in [5.41, 5.74) is 5.46. The molecule has 0 bridgehead atoms.